The van der Waals surface area contributed by atoms with Gasteiger partial charge in [0.25, 0.3) is 0 Å². The van der Waals surface area contributed by atoms with Gasteiger partial charge in [-0.25, -0.2) is 4.79 Å². The smallest absolute Gasteiger partial charge is 0.377 e. The summed E-state index contributed by atoms with van der Waals surface area (Å²) in [5.41, 5.74) is -0.850. The lowest BCUT2D eigenvalue weighted by molar-refractivity contribution is -0.613. The molecule has 1 aliphatic carbocycles. The Morgan fingerprint density at radius 3 is 2.95 bits per heavy atom. The van der Waals surface area contributed by atoms with Crippen LogP contribution in [0.15, 0.2) is 29.8 Å². The van der Waals surface area contributed by atoms with Crippen molar-refractivity contribution < 1.29 is 23.9 Å². The van der Waals surface area contributed by atoms with Gasteiger partial charge >= 0.3 is 11.7 Å². The Hall–Kier alpha value is -2.57. The SMILES string of the molecule is CCOC(=O)C1=CC[C@@]2([N+](=O)[O-])Oc3c(OC)cccc3[C@@H]12. The van der Waals surface area contributed by atoms with Crippen LogP contribution in [-0.4, -0.2) is 30.3 Å². The number of carbonyl (C=O) groups is 1. The predicted octanol–water partition coefficient (Wildman–Crippen LogP) is 2.04. The van der Waals surface area contributed by atoms with Crippen LogP contribution >= 0.6 is 0 Å². The molecule has 0 radical (unpaired) electrons. The normalized spacial score (nSPS) is 24.8. The number of nitro groups is 1. The molecule has 1 aromatic rings. The Morgan fingerprint density at radius 1 is 1.55 bits per heavy atom. The number of fused-ring (bicyclic) bond motifs is 3. The van der Waals surface area contributed by atoms with Crippen molar-refractivity contribution in [3.63, 3.8) is 0 Å². The molecule has 0 spiro atoms. The molecule has 3 rings (SSSR count). The van der Waals surface area contributed by atoms with Gasteiger partial charge in [-0.05, 0) is 13.0 Å². The van der Waals surface area contributed by atoms with Crippen molar-refractivity contribution in [2.45, 2.75) is 25.0 Å². The molecular weight excluding hydrogens is 290 g/mol. The molecule has 1 aliphatic heterocycles. The van der Waals surface area contributed by atoms with Gasteiger partial charge in [-0.15, -0.1) is 0 Å². The molecule has 7 heteroatoms. The number of rotatable bonds is 4. The third kappa shape index (κ3) is 1.78. The van der Waals surface area contributed by atoms with E-state index in [0.29, 0.717) is 17.1 Å². The van der Waals surface area contributed by atoms with Crippen LogP contribution in [0.1, 0.15) is 24.8 Å². The molecule has 0 saturated heterocycles. The first-order chi connectivity index (χ1) is 10.5. The van der Waals surface area contributed by atoms with E-state index < -0.39 is 22.5 Å². The number of methoxy groups -OCH3 is 1. The topological polar surface area (TPSA) is 87.9 Å². The predicted molar refractivity (Wildman–Crippen MR) is 75.4 cm³/mol. The third-order valence-corrected chi connectivity index (χ3v) is 4.02. The number of nitrogens with zero attached hydrogens (tertiary/aromatic N) is 1. The number of hydrogen-bond acceptors (Lipinski definition) is 6. The molecule has 0 bridgehead atoms. The summed E-state index contributed by atoms with van der Waals surface area (Å²) in [6, 6.07) is 5.10. The molecule has 0 unspecified atom stereocenters. The second kappa shape index (κ2) is 5.01. The molecule has 116 valence electrons. The van der Waals surface area contributed by atoms with E-state index in [2.05, 4.69) is 0 Å². The average molecular weight is 305 g/mol. The van der Waals surface area contributed by atoms with Gasteiger partial charge in [0.2, 0.25) is 0 Å². The van der Waals surface area contributed by atoms with Gasteiger partial charge < -0.3 is 14.2 Å². The number of carbonyl (C=O) groups excluding carboxylic acids is 1. The van der Waals surface area contributed by atoms with Gasteiger partial charge in [0, 0.05) is 5.56 Å². The fourth-order valence-corrected chi connectivity index (χ4v) is 3.09. The molecular formula is C15H15NO6. The number of para-hydroxylation sites is 1. The van der Waals surface area contributed by atoms with Crippen molar-refractivity contribution in [1.29, 1.82) is 0 Å². The van der Waals surface area contributed by atoms with Crippen LogP contribution in [0.25, 0.3) is 0 Å². The molecule has 0 fully saturated rings. The van der Waals surface area contributed by atoms with Crippen molar-refractivity contribution in [3.8, 4) is 11.5 Å². The van der Waals surface area contributed by atoms with Crippen molar-refractivity contribution in [2.75, 3.05) is 13.7 Å². The van der Waals surface area contributed by atoms with Crippen LogP contribution < -0.4 is 9.47 Å². The minimum atomic E-state index is -1.70. The van der Waals surface area contributed by atoms with E-state index in [1.807, 2.05) is 0 Å². The Balaban J connectivity index is 2.12. The largest absolute Gasteiger partial charge is 0.493 e. The highest BCUT2D eigenvalue weighted by Crippen LogP contribution is 2.56. The molecule has 0 amide bonds. The summed E-state index contributed by atoms with van der Waals surface area (Å²) in [5.74, 6) is -0.597. The summed E-state index contributed by atoms with van der Waals surface area (Å²) in [6.45, 7) is 1.90. The minimum absolute atomic E-state index is 0.0106. The van der Waals surface area contributed by atoms with E-state index in [1.54, 1.807) is 25.1 Å². The van der Waals surface area contributed by atoms with Crippen molar-refractivity contribution >= 4 is 5.97 Å². The Bertz CT molecular complexity index is 683. The number of hydrogen-bond donors (Lipinski definition) is 0. The van der Waals surface area contributed by atoms with Gasteiger partial charge in [-0.3, -0.25) is 10.1 Å². The van der Waals surface area contributed by atoms with E-state index >= 15 is 0 Å². The Labute approximate surface area is 126 Å². The van der Waals surface area contributed by atoms with E-state index in [9.17, 15) is 14.9 Å². The number of ether oxygens (including phenoxy) is 3. The Morgan fingerprint density at radius 2 is 2.32 bits per heavy atom. The van der Waals surface area contributed by atoms with Gasteiger partial charge in [-0.2, -0.15) is 0 Å². The van der Waals surface area contributed by atoms with Crippen molar-refractivity contribution in [1.82, 2.24) is 0 Å². The van der Waals surface area contributed by atoms with Gasteiger partial charge in [0.15, 0.2) is 11.5 Å². The molecule has 7 nitrogen and oxygen atoms in total. The molecule has 2 atom stereocenters. The molecule has 22 heavy (non-hydrogen) atoms. The fraction of sp³-hybridized carbons (Fsp3) is 0.400. The van der Waals surface area contributed by atoms with Crippen molar-refractivity contribution in [3.05, 3.63) is 45.5 Å². The highest BCUT2D eigenvalue weighted by atomic mass is 16.7. The quantitative estimate of drug-likeness (QED) is 0.480. The minimum Gasteiger partial charge on any atom is -0.493 e. The first kappa shape index (κ1) is 14.4. The van der Waals surface area contributed by atoms with Crippen LogP contribution in [0, 0.1) is 10.1 Å². The summed E-state index contributed by atoms with van der Waals surface area (Å²) >= 11 is 0. The fourth-order valence-electron chi connectivity index (χ4n) is 3.09. The van der Waals surface area contributed by atoms with Gasteiger partial charge in [-0.1, -0.05) is 18.2 Å². The number of benzene rings is 1. The van der Waals surface area contributed by atoms with E-state index in [0.717, 1.165) is 0 Å². The maximum absolute atomic E-state index is 12.1. The maximum atomic E-state index is 12.1. The maximum Gasteiger partial charge on any atom is 0.377 e. The molecule has 0 N–H and O–H groups in total. The van der Waals surface area contributed by atoms with Crippen LogP contribution in [0.2, 0.25) is 0 Å². The lowest BCUT2D eigenvalue weighted by Gasteiger charge is -2.20. The zero-order chi connectivity index (χ0) is 15.9. The monoisotopic (exact) mass is 305 g/mol. The lowest BCUT2D eigenvalue weighted by Crippen LogP contribution is -2.44. The second-order valence-corrected chi connectivity index (χ2v) is 5.10. The standard InChI is InChI=1S/C15H15NO6/c1-3-21-14(17)10-7-8-15(16(18)19)12(10)9-5-4-6-11(20-2)13(9)22-15/h4-7,12H,3,8H2,1-2H3/t12-,15+/m0/s1. The second-order valence-electron chi connectivity index (χ2n) is 5.10. The zero-order valence-corrected chi connectivity index (χ0v) is 12.2. The van der Waals surface area contributed by atoms with E-state index in [1.165, 1.54) is 13.2 Å². The zero-order valence-electron chi connectivity index (χ0n) is 12.2. The lowest BCUT2D eigenvalue weighted by atomic mass is 9.88. The third-order valence-electron chi connectivity index (χ3n) is 4.02. The Kier molecular flexibility index (Phi) is 3.27. The van der Waals surface area contributed by atoms with Crippen LogP contribution in [0.3, 0.4) is 0 Å². The van der Waals surface area contributed by atoms with E-state index in [-0.39, 0.29) is 18.6 Å². The molecule has 2 aliphatic rings. The molecule has 1 aromatic carbocycles. The first-order valence-corrected chi connectivity index (χ1v) is 6.92. The van der Waals surface area contributed by atoms with Crippen LogP contribution in [-0.2, 0) is 9.53 Å². The summed E-state index contributed by atoms with van der Waals surface area (Å²) in [5, 5.41) is 11.7. The van der Waals surface area contributed by atoms with Crippen LogP contribution in [0.5, 0.6) is 11.5 Å². The first-order valence-electron chi connectivity index (χ1n) is 6.92. The summed E-state index contributed by atoms with van der Waals surface area (Å²) < 4.78 is 15.9. The summed E-state index contributed by atoms with van der Waals surface area (Å²) in [4.78, 5) is 23.3. The molecule has 0 saturated carbocycles. The highest BCUT2D eigenvalue weighted by Gasteiger charge is 2.65. The highest BCUT2D eigenvalue weighted by molar-refractivity contribution is 5.92. The number of esters is 1. The molecule has 0 aromatic heterocycles. The van der Waals surface area contributed by atoms with E-state index in [4.69, 9.17) is 14.2 Å². The summed E-state index contributed by atoms with van der Waals surface area (Å²) in [7, 11) is 1.47. The van der Waals surface area contributed by atoms with Crippen LogP contribution in [0.4, 0.5) is 0 Å². The average Bonchev–Trinajstić information content (AvgIpc) is 3.02. The molecule has 1 heterocycles. The van der Waals surface area contributed by atoms with Crippen molar-refractivity contribution in [2.24, 2.45) is 0 Å². The van der Waals surface area contributed by atoms with Gasteiger partial charge in [0.1, 0.15) is 5.92 Å². The summed E-state index contributed by atoms with van der Waals surface area (Å²) in [6.07, 6.45) is 1.55. The van der Waals surface area contributed by atoms with Gasteiger partial charge in [0.05, 0.1) is 30.6 Å².